The monoisotopic (exact) mass is 574 g/mol. The largest absolute Gasteiger partial charge is 0.456 e. The van der Waals surface area contributed by atoms with Crippen molar-refractivity contribution in [1.29, 1.82) is 0 Å². The molecule has 2 N–H and O–H groups in total. The number of unbranched alkanes of at least 4 members (excludes halogenated alkanes) is 10. The average molecular weight is 575 g/mol. The summed E-state index contributed by atoms with van der Waals surface area (Å²) in [5.41, 5.74) is 9.02. The van der Waals surface area contributed by atoms with Crippen molar-refractivity contribution in [3.63, 3.8) is 0 Å². The predicted octanol–water partition coefficient (Wildman–Crippen LogP) is 12.9. The molecule has 226 valence electrons. The minimum Gasteiger partial charge on any atom is -0.456 e. The van der Waals surface area contributed by atoms with Gasteiger partial charge in [-0.1, -0.05) is 102 Å². The molecule has 0 aliphatic carbocycles. The van der Waals surface area contributed by atoms with E-state index in [4.69, 9.17) is 4.42 Å². The summed E-state index contributed by atoms with van der Waals surface area (Å²) in [6, 6.07) is 30.6. The van der Waals surface area contributed by atoms with Gasteiger partial charge in [0.25, 0.3) is 0 Å². The minimum atomic E-state index is 0.908. The summed E-state index contributed by atoms with van der Waals surface area (Å²) in [5.74, 6) is 0. The fourth-order valence-corrected chi connectivity index (χ4v) is 5.99. The summed E-state index contributed by atoms with van der Waals surface area (Å²) in [4.78, 5) is 0. The molecule has 0 saturated carbocycles. The Morgan fingerprint density at radius 2 is 0.791 bits per heavy atom. The van der Waals surface area contributed by atoms with Crippen LogP contribution in [0.2, 0.25) is 0 Å². The molecule has 5 aromatic rings. The Morgan fingerprint density at radius 1 is 0.419 bits per heavy atom. The molecule has 3 heteroatoms. The van der Waals surface area contributed by atoms with E-state index in [2.05, 4.69) is 109 Å². The highest BCUT2D eigenvalue weighted by Gasteiger charge is 2.10. The van der Waals surface area contributed by atoms with Gasteiger partial charge in [-0.2, -0.15) is 0 Å². The van der Waals surface area contributed by atoms with Crippen molar-refractivity contribution in [3.05, 3.63) is 96.1 Å². The van der Waals surface area contributed by atoms with Gasteiger partial charge in [0.2, 0.25) is 0 Å². The molecule has 0 bridgehead atoms. The SMILES string of the molecule is CCCCCCCCc1ccc(Nc2ccc3oc4ccc(Nc5ccc(CCCCCCCC)cc5)cc4c3c2)cc1. The molecular weight excluding hydrogens is 524 g/mol. The van der Waals surface area contributed by atoms with Crippen LogP contribution in [-0.4, -0.2) is 0 Å². The molecule has 0 saturated heterocycles. The summed E-state index contributed by atoms with van der Waals surface area (Å²) in [6.07, 6.45) is 18.4. The fraction of sp³-hybridized carbons (Fsp3) is 0.400. The van der Waals surface area contributed by atoms with Crippen LogP contribution in [0.5, 0.6) is 0 Å². The lowest BCUT2D eigenvalue weighted by Gasteiger charge is -2.09. The zero-order valence-corrected chi connectivity index (χ0v) is 26.4. The smallest absolute Gasteiger partial charge is 0.135 e. The van der Waals surface area contributed by atoms with Gasteiger partial charge >= 0.3 is 0 Å². The van der Waals surface area contributed by atoms with Crippen molar-refractivity contribution in [2.45, 2.75) is 104 Å². The Kier molecular flexibility index (Phi) is 11.6. The zero-order valence-electron chi connectivity index (χ0n) is 26.4. The Labute approximate surface area is 259 Å². The van der Waals surface area contributed by atoms with Crippen molar-refractivity contribution in [1.82, 2.24) is 0 Å². The average Bonchev–Trinajstić information content (AvgIpc) is 3.39. The molecule has 0 atom stereocenters. The number of aryl methyl sites for hydroxylation is 2. The van der Waals surface area contributed by atoms with Crippen molar-refractivity contribution in [2.24, 2.45) is 0 Å². The van der Waals surface area contributed by atoms with Crippen molar-refractivity contribution in [3.8, 4) is 0 Å². The standard InChI is InChI=1S/C40H50N2O/c1-3-5-7-9-11-13-15-31-17-21-33(22-18-31)41-35-25-27-39-37(29-35)38-30-36(26-28-40(38)43-39)42-34-23-19-32(20-24-34)16-14-12-10-8-6-4-2/h17-30,41-42H,3-16H2,1-2H3. The molecule has 0 aliphatic heterocycles. The molecule has 0 spiro atoms. The second-order valence-electron chi connectivity index (χ2n) is 12.2. The van der Waals surface area contributed by atoms with Crippen LogP contribution >= 0.6 is 0 Å². The molecule has 5 rings (SSSR count). The second-order valence-corrected chi connectivity index (χ2v) is 12.2. The van der Waals surface area contributed by atoms with E-state index in [0.29, 0.717) is 0 Å². The summed E-state index contributed by atoms with van der Waals surface area (Å²) in [7, 11) is 0. The van der Waals surface area contributed by atoms with E-state index in [1.807, 2.05) is 0 Å². The molecule has 4 aromatic carbocycles. The second kappa shape index (κ2) is 16.2. The molecule has 0 amide bonds. The Morgan fingerprint density at radius 3 is 1.21 bits per heavy atom. The van der Waals surface area contributed by atoms with Gasteiger partial charge in [-0.3, -0.25) is 0 Å². The van der Waals surface area contributed by atoms with Crippen molar-refractivity contribution < 1.29 is 4.42 Å². The number of anilines is 4. The zero-order chi connectivity index (χ0) is 29.7. The Balaban J connectivity index is 1.18. The van der Waals surface area contributed by atoms with Gasteiger partial charge in [0.15, 0.2) is 0 Å². The van der Waals surface area contributed by atoms with Crippen LogP contribution in [0.3, 0.4) is 0 Å². The van der Waals surface area contributed by atoms with Crippen LogP contribution in [0.4, 0.5) is 22.7 Å². The number of hydrogen-bond donors (Lipinski definition) is 2. The first-order chi connectivity index (χ1) is 21.2. The van der Waals surface area contributed by atoms with Crippen LogP contribution in [0.1, 0.15) is 102 Å². The Bertz CT molecular complexity index is 1420. The lowest BCUT2D eigenvalue weighted by atomic mass is 10.0. The maximum absolute atomic E-state index is 6.18. The maximum Gasteiger partial charge on any atom is 0.135 e. The lowest BCUT2D eigenvalue weighted by Crippen LogP contribution is -1.92. The quantitative estimate of drug-likeness (QED) is 0.102. The van der Waals surface area contributed by atoms with Crippen LogP contribution in [0.15, 0.2) is 89.3 Å². The molecule has 43 heavy (non-hydrogen) atoms. The third-order valence-electron chi connectivity index (χ3n) is 8.59. The molecule has 0 radical (unpaired) electrons. The highest BCUT2D eigenvalue weighted by Crippen LogP contribution is 2.34. The van der Waals surface area contributed by atoms with Gasteiger partial charge in [-0.15, -0.1) is 0 Å². The third kappa shape index (κ3) is 9.13. The molecule has 0 fully saturated rings. The molecule has 0 unspecified atom stereocenters. The van der Waals surface area contributed by atoms with Gasteiger partial charge in [-0.25, -0.2) is 0 Å². The number of fused-ring (bicyclic) bond motifs is 3. The van der Waals surface area contributed by atoms with Gasteiger partial charge in [0.05, 0.1) is 0 Å². The van der Waals surface area contributed by atoms with Gasteiger partial charge in [-0.05, 0) is 97.5 Å². The van der Waals surface area contributed by atoms with Crippen LogP contribution < -0.4 is 10.6 Å². The van der Waals surface area contributed by atoms with E-state index < -0.39 is 0 Å². The van der Waals surface area contributed by atoms with E-state index in [1.165, 1.54) is 101 Å². The van der Waals surface area contributed by atoms with E-state index in [0.717, 1.165) is 44.7 Å². The van der Waals surface area contributed by atoms with Crippen LogP contribution in [-0.2, 0) is 12.8 Å². The summed E-state index contributed by atoms with van der Waals surface area (Å²) in [6.45, 7) is 4.55. The van der Waals surface area contributed by atoms with Gasteiger partial charge < -0.3 is 15.1 Å². The number of hydrogen-bond acceptors (Lipinski definition) is 3. The van der Waals surface area contributed by atoms with E-state index in [-0.39, 0.29) is 0 Å². The van der Waals surface area contributed by atoms with Gasteiger partial charge in [0.1, 0.15) is 11.2 Å². The first-order valence-corrected chi connectivity index (χ1v) is 16.9. The number of furan rings is 1. The Hall–Kier alpha value is -3.72. The fourth-order valence-electron chi connectivity index (χ4n) is 5.99. The van der Waals surface area contributed by atoms with Crippen molar-refractivity contribution in [2.75, 3.05) is 10.6 Å². The number of rotatable bonds is 18. The first-order valence-electron chi connectivity index (χ1n) is 16.9. The van der Waals surface area contributed by atoms with Crippen LogP contribution in [0, 0.1) is 0 Å². The lowest BCUT2D eigenvalue weighted by molar-refractivity contribution is 0.607. The molecule has 1 heterocycles. The maximum atomic E-state index is 6.18. The summed E-state index contributed by atoms with van der Waals surface area (Å²) in [5, 5.41) is 9.44. The molecule has 3 nitrogen and oxygen atoms in total. The van der Waals surface area contributed by atoms with E-state index in [9.17, 15) is 0 Å². The molecular formula is C40H50N2O. The number of benzene rings is 4. The normalized spacial score (nSPS) is 11.4. The minimum absolute atomic E-state index is 0.908. The van der Waals surface area contributed by atoms with E-state index >= 15 is 0 Å². The topological polar surface area (TPSA) is 37.2 Å². The first kappa shape index (κ1) is 30.7. The predicted molar refractivity (Wildman–Crippen MR) is 187 cm³/mol. The molecule has 1 aromatic heterocycles. The third-order valence-corrected chi connectivity index (χ3v) is 8.59. The van der Waals surface area contributed by atoms with Crippen molar-refractivity contribution >= 4 is 44.7 Å². The summed E-state index contributed by atoms with van der Waals surface area (Å²) < 4.78 is 6.18. The highest BCUT2D eigenvalue weighted by molar-refractivity contribution is 6.07. The van der Waals surface area contributed by atoms with Gasteiger partial charge in [0, 0.05) is 33.5 Å². The van der Waals surface area contributed by atoms with E-state index in [1.54, 1.807) is 0 Å². The molecule has 0 aliphatic rings. The van der Waals surface area contributed by atoms with Crippen LogP contribution in [0.25, 0.3) is 21.9 Å². The number of nitrogens with one attached hydrogen (secondary N) is 2. The summed E-state index contributed by atoms with van der Waals surface area (Å²) >= 11 is 0. The highest BCUT2D eigenvalue weighted by atomic mass is 16.3.